The number of anilines is 2. The van der Waals surface area contributed by atoms with Crippen molar-refractivity contribution in [2.75, 3.05) is 28.9 Å². The minimum Gasteiger partial charge on any atom is -0.350 e. The van der Waals surface area contributed by atoms with E-state index in [1.54, 1.807) is 4.52 Å². The van der Waals surface area contributed by atoms with Gasteiger partial charge in [-0.3, -0.25) is 4.72 Å². The Morgan fingerprint density at radius 1 is 1.20 bits per heavy atom. The van der Waals surface area contributed by atoms with Crippen LogP contribution in [-0.2, 0) is 16.4 Å². The Kier molecular flexibility index (Phi) is 6.52. The van der Waals surface area contributed by atoms with Crippen LogP contribution in [0.5, 0.6) is 0 Å². The van der Waals surface area contributed by atoms with Crippen LogP contribution in [0.4, 0.5) is 11.8 Å². The summed E-state index contributed by atoms with van der Waals surface area (Å²) in [6, 6.07) is 8.25. The third-order valence-corrected chi connectivity index (χ3v) is 7.70. The summed E-state index contributed by atoms with van der Waals surface area (Å²) in [6.45, 7) is 5.91. The Morgan fingerprint density at radius 2 is 2.09 bits per heavy atom. The van der Waals surface area contributed by atoms with E-state index in [1.807, 2.05) is 31.3 Å². The molecule has 1 saturated heterocycles. The molecule has 0 aliphatic carbocycles. The third-order valence-electron chi connectivity index (χ3n) is 6.25. The highest BCUT2D eigenvalue weighted by Gasteiger charge is 2.18. The molecule has 4 heterocycles. The second-order valence-corrected chi connectivity index (χ2v) is 10.7. The highest BCUT2D eigenvalue weighted by Crippen LogP contribution is 2.30. The van der Waals surface area contributed by atoms with Crippen LogP contribution < -0.4 is 15.4 Å². The Hall–Kier alpha value is -3.31. The van der Waals surface area contributed by atoms with Crippen LogP contribution in [0, 0.1) is 0 Å². The molecular formula is C24H30N8O2S. The van der Waals surface area contributed by atoms with Crippen molar-refractivity contribution >= 4 is 38.2 Å². The average molecular weight is 495 g/mol. The number of aryl methyl sites for hydroxylation is 1. The molecule has 5 rings (SSSR count). The first-order valence-electron chi connectivity index (χ1n) is 12.1. The zero-order chi connectivity index (χ0) is 24.4. The molecule has 0 radical (unpaired) electrons. The van der Waals surface area contributed by atoms with Gasteiger partial charge in [0.2, 0.25) is 16.0 Å². The van der Waals surface area contributed by atoms with E-state index in [-0.39, 0.29) is 11.6 Å². The Morgan fingerprint density at radius 3 is 2.86 bits per heavy atom. The zero-order valence-electron chi connectivity index (χ0n) is 20.0. The standard InChI is InChI=1S/C24H30N8O2S/c1-3-10-35(33,34)31-23-21-8-7-20(32(21)28-15-27-23)17-11-16(4-2)22-18(12-17)13-26-24(30-22)29-19-6-5-9-25-14-19/h7-8,11-13,15,19,25H,3-6,9-10,14H2,1-2H3,(H,26,29,30)(H,27,28,31). The molecule has 11 heteroatoms. The Labute approximate surface area is 204 Å². The zero-order valence-corrected chi connectivity index (χ0v) is 20.8. The van der Waals surface area contributed by atoms with Crippen molar-refractivity contribution in [1.82, 2.24) is 29.9 Å². The summed E-state index contributed by atoms with van der Waals surface area (Å²) in [5, 5.41) is 12.2. The molecule has 10 nitrogen and oxygen atoms in total. The van der Waals surface area contributed by atoms with Crippen molar-refractivity contribution in [3.05, 3.63) is 42.4 Å². The van der Waals surface area contributed by atoms with Crippen LogP contribution >= 0.6 is 0 Å². The number of fused-ring (bicyclic) bond motifs is 2. The van der Waals surface area contributed by atoms with Gasteiger partial charge in [0.05, 0.1) is 17.0 Å². The topological polar surface area (TPSA) is 126 Å². The summed E-state index contributed by atoms with van der Waals surface area (Å²) in [4.78, 5) is 13.6. The molecule has 3 N–H and O–H groups in total. The van der Waals surface area contributed by atoms with Crippen molar-refractivity contribution in [3.8, 4) is 11.3 Å². The fourth-order valence-electron chi connectivity index (χ4n) is 4.56. The largest absolute Gasteiger partial charge is 0.350 e. The molecule has 0 spiro atoms. The fourth-order valence-corrected chi connectivity index (χ4v) is 5.65. The van der Waals surface area contributed by atoms with Gasteiger partial charge in [-0.2, -0.15) is 5.10 Å². The van der Waals surface area contributed by atoms with Crippen LogP contribution in [0.25, 0.3) is 27.7 Å². The lowest BCUT2D eigenvalue weighted by Crippen LogP contribution is -2.38. The predicted octanol–water partition coefficient (Wildman–Crippen LogP) is 3.22. The minimum atomic E-state index is -3.47. The summed E-state index contributed by atoms with van der Waals surface area (Å²) in [5.41, 5.74) is 4.43. The molecule has 0 amide bonds. The van der Waals surface area contributed by atoms with Gasteiger partial charge in [-0.25, -0.2) is 27.9 Å². The number of sulfonamides is 1. The first-order chi connectivity index (χ1) is 17.0. The summed E-state index contributed by atoms with van der Waals surface area (Å²) in [6.07, 6.45) is 6.81. The van der Waals surface area contributed by atoms with Gasteiger partial charge in [0, 0.05) is 29.7 Å². The Balaban J connectivity index is 1.51. The number of hydrogen-bond donors (Lipinski definition) is 3. The number of hydrogen-bond acceptors (Lipinski definition) is 8. The van der Waals surface area contributed by atoms with E-state index in [0.717, 1.165) is 60.1 Å². The molecule has 0 bridgehead atoms. The van der Waals surface area contributed by atoms with E-state index in [1.165, 1.54) is 6.33 Å². The van der Waals surface area contributed by atoms with Gasteiger partial charge in [0.25, 0.3) is 0 Å². The lowest BCUT2D eigenvalue weighted by atomic mass is 10.0. The van der Waals surface area contributed by atoms with Gasteiger partial charge in [-0.15, -0.1) is 0 Å². The Bertz CT molecular complexity index is 1460. The molecule has 1 unspecified atom stereocenters. The number of piperidine rings is 1. The minimum absolute atomic E-state index is 0.0371. The monoisotopic (exact) mass is 494 g/mol. The number of aromatic nitrogens is 5. The van der Waals surface area contributed by atoms with E-state index in [2.05, 4.69) is 43.4 Å². The molecule has 1 aliphatic heterocycles. The van der Waals surface area contributed by atoms with Gasteiger partial charge < -0.3 is 10.6 Å². The second-order valence-electron chi connectivity index (χ2n) is 8.85. The first-order valence-corrected chi connectivity index (χ1v) is 13.7. The van der Waals surface area contributed by atoms with Crippen LogP contribution in [0.3, 0.4) is 0 Å². The highest BCUT2D eigenvalue weighted by atomic mass is 32.2. The molecule has 1 aliphatic rings. The van der Waals surface area contributed by atoms with E-state index in [0.29, 0.717) is 23.9 Å². The fraction of sp³-hybridized carbons (Fsp3) is 0.417. The number of nitrogens with one attached hydrogen (secondary N) is 3. The van der Waals surface area contributed by atoms with Gasteiger partial charge in [0.15, 0.2) is 5.82 Å². The lowest BCUT2D eigenvalue weighted by molar-refractivity contribution is 0.478. The second kappa shape index (κ2) is 9.74. The normalized spacial score (nSPS) is 16.6. The third kappa shape index (κ3) is 4.92. The van der Waals surface area contributed by atoms with Crippen molar-refractivity contribution in [1.29, 1.82) is 0 Å². The molecule has 184 valence electrons. The highest BCUT2D eigenvalue weighted by molar-refractivity contribution is 7.92. The lowest BCUT2D eigenvalue weighted by Gasteiger charge is -2.23. The quantitative estimate of drug-likeness (QED) is 0.341. The van der Waals surface area contributed by atoms with Crippen LogP contribution in [0.1, 0.15) is 38.7 Å². The van der Waals surface area contributed by atoms with Gasteiger partial charge in [-0.05, 0) is 62.1 Å². The van der Waals surface area contributed by atoms with E-state index in [4.69, 9.17) is 4.98 Å². The van der Waals surface area contributed by atoms with Gasteiger partial charge in [-0.1, -0.05) is 13.8 Å². The number of benzene rings is 1. The van der Waals surface area contributed by atoms with Crippen LogP contribution in [0.2, 0.25) is 0 Å². The summed E-state index contributed by atoms with van der Waals surface area (Å²) in [7, 11) is -3.47. The summed E-state index contributed by atoms with van der Waals surface area (Å²) in [5.74, 6) is 0.959. The van der Waals surface area contributed by atoms with Crippen molar-refractivity contribution in [2.45, 2.75) is 45.6 Å². The van der Waals surface area contributed by atoms with Crippen molar-refractivity contribution < 1.29 is 8.42 Å². The molecule has 0 saturated carbocycles. The predicted molar refractivity (Wildman–Crippen MR) is 138 cm³/mol. The van der Waals surface area contributed by atoms with E-state index < -0.39 is 10.0 Å². The molecule has 35 heavy (non-hydrogen) atoms. The number of rotatable bonds is 8. The van der Waals surface area contributed by atoms with E-state index in [9.17, 15) is 8.42 Å². The molecule has 4 aromatic rings. The maximum atomic E-state index is 12.3. The molecule has 3 aromatic heterocycles. The van der Waals surface area contributed by atoms with Crippen LogP contribution in [0.15, 0.2) is 36.8 Å². The first kappa shape index (κ1) is 23.4. The van der Waals surface area contributed by atoms with Crippen LogP contribution in [-0.4, -0.2) is 57.9 Å². The molecule has 1 aromatic carbocycles. The maximum absolute atomic E-state index is 12.3. The smallest absolute Gasteiger partial charge is 0.233 e. The summed E-state index contributed by atoms with van der Waals surface area (Å²) >= 11 is 0. The maximum Gasteiger partial charge on any atom is 0.233 e. The summed E-state index contributed by atoms with van der Waals surface area (Å²) < 4.78 is 28.9. The molecular weight excluding hydrogens is 464 g/mol. The molecule has 1 fully saturated rings. The number of nitrogens with zero attached hydrogens (tertiary/aromatic N) is 5. The van der Waals surface area contributed by atoms with E-state index >= 15 is 0 Å². The SMILES string of the molecule is CCCS(=O)(=O)Nc1ncnn2c(-c3cc(CC)c4nc(NC5CCCNC5)ncc4c3)ccc12. The van der Waals surface area contributed by atoms with Gasteiger partial charge in [0.1, 0.15) is 11.8 Å². The average Bonchev–Trinajstić information content (AvgIpc) is 3.29. The van der Waals surface area contributed by atoms with Crippen molar-refractivity contribution in [3.63, 3.8) is 0 Å². The van der Waals surface area contributed by atoms with Crippen molar-refractivity contribution in [2.24, 2.45) is 0 Å². The van der Waals surface area contributed by atoms with Gasteiger partial charge >= 0.3 is 0 Å². The molecule has 1 atom stereocenters.